The van der Waals surface area contributed by atoms with Crippen molar-refractivity contribution in [3.05, 3.63) is 66.2 Å². The minimum Gasteiger partial charge on any atom is -0.497 e. The molecule has 0 radical (unpaired) electrons. The van der Waals surface area contributed by atoms with Gasteiger partial charge in [-0.2, -0.15) is 0 Å². The lowest BCUT2D eigenvalue weighted by Crippen LogP contribution is -2.36. The molecule has 0 spiro atoms. The molecule has 1 N–H and O–H groups in total. The van der Waals surface area contributed by atoms with Gasteiger partial charge in [-0.05, 0) is 61.0 Å². The highest BCUT2D eigenvalue weighted by Gasteiger charge is 2.18. The van der Waals surface area contributed by atoms with Crippen LogP contribution in [0.3, 0.4) is 0 Å². The van der Waals surface area contributed by atoms with Gasteiger partial charge in [0.25, 0.3) is 0 Å². The number of hydrogen-bond donors (Lipinski definition) is 1. The molecule has 0 aromatic heterocycles. The molecule has 0 aliphatic rings. The van der Waals surface area contributed by atoms with E-state index in [2.05, 4.69) is 4.72 Å². The highest BCUT2D eigenvalue weighted by Crippen LogP contribution is 2.23. The molecule has 0 amide bonds. The third kappa shape index (κ3) is 4.78. The summed E-state index contributed by atoms with van der Waals surface area (Å²) in [6.07, 6.45) is 0. The van der Waals surface area contributed by atoms with E-state index in [-0.39, 0.29) is 17.5 Å². The number of fused-ring (bicyclic) bond motifs is 1. The van der Waals surface area contributed by atoms with Gasteiger partial charge in [-0.1, -0.05) is 29.8 Å². The maximum atomic E-state index is 12.7. The fourth-order valence-corrected chi connectivity index (χ4v) is 3.98. The molecular formula is C21H23NO4S. The van der Waals surface area contributed by atoms with Gasteiger partial charge in [0, 0.05) is 0 Å². The highest BCUT2D eigenvalue weighted by molar-refractivity contribution is 7.89. The van der Waals surface area contributed by atoms with Crippen LogP contribution in [0.5, 0.6) is 11.5 Å². The molecule has 0 unspecified atom stereocenters. The molecular weight excluding hydrogens is 362 g/mol. The van der Waals surface area contributed by atoms with Crippen LogP contribution in [0.1, 0.15) is 12.5 Å². The number of rotatable bonds is 7. The predicted octanol–water partition coefficient (Wildman–Crippen LogP) is 3.90. The lowest BCUT2D eigenvalue weighted by Gasteiger charge is -2.16. The second-order valence-electron chi connectivity index (χ2n) is 6.52. The first-order valence-corrected chi connectivity index (χ1v) is 10.2. The Labute approximate surface area is 160 Å². The second-order valence-corrected chi connectivity index (χ2v) is 8.24. The maximum absolute atomic E-state index is 12.7. The summed E-state index contributed by atoms with van der Waals surface area (Å²) in [5.41, 5.74) is 1.14. The van der Waals surface area contributed by atoms with Gasteiger partial charge in [0.15, 0.2) is 0 Å². The SMILES string of the molecule is COc1ccc2cc(S(=O)(=O)N[C@@H](C)COc3ccc(C)cc3)ccc2c1. The molecule has 0 saturated heterocycles. The number of sulfonamides is 1. The van der Waals surface area contributed by atoms with Crippen molar-refractivity contribution in [1.82, 2.24) is 4.72 Å². The van der Waals surface area contributed by atoms with E-state index in [1.807, 2.05) is 49.4 Å². The average molecular weight is 385 g/mol. The molecule has 1 atom stereocenters. The number of ether oxygens (including phenoxy) is 2. The molecule has 27 heavy (non-hydrogen) atoms. The van der Waals surface area contributed by atoms with Gasteiger partial charge in [0.1, 0.15) is 18.1 Å². The molecule has 142 valence electrons. The summed E-state index contributed by atoms with van der Waals surface area (Å²) in [5, 5.41) is 1.76. The summed E-state index contributed by atoms with van der Waals surface area (Å²) in [6.45, 7) is 4.02. The minimum absolute atomic E-state index is 0.224. The smallest absolute Gasteiger partial charge is 0.240 e. The minimum atomic E-state index is -3.64. The van der Waals surface area contributed by atoms with Crippen LogP contribution in [0.2, 0.25) is 0 Å². The summed E-state index contributed by atoms with van der Waals surface area (Å²) < 4.78 is 38.9. The first-order valence-electron chi connectivity index (χ1n) is 8.67. The first kappa shape index (κ1) is 19.2. The Hall–Kier alpha value is -2.57. The highest BCUT2D eigenvalue weighted by atomic mass is 32.2. The van der Waals surface area contributed by atoms with Crippen LogP contribution in [-0.2, 0) is 10.0 Å². The molecule has 0 heterocycles. The van der Waals surface area contributed by atoms with Crippen LogP contribution < -0.4 is 14.2 Å². The zero-order valence-electron chi connectivity index (χ0n) is 15.6. The Morgan fingerprint density at radius 1 is 0.926 bits per heavy atom. The van der Waals surface area contributed by atoms with Crippen molar-refractivity contribution in [2.75, 3.05) is 13.7 Å². The second kappa shape index (κ2) is 7.98. The molecule has 0 aliphatic heterocycles. The Morgan fingerprint density at radius 2 is 1.56 bits per heavy atom. The van der Waals surface area contributed by atoms with Gasteiger partial charge in [-0.3, -0.25) is 0 Å². The number of hydrogen-bond acceptors (Lipinski definition) is 4. The standard InChI is InChI=1S/C21H23NO4S/c1-15-4-8-19(9-5-15)26-14-16(2)22-27(23,24)21-11-7-17-12-20(25-3)10-6-18(17)13-21/h4-13,16,22H,14H2,1-3H3/t16-/m0/s1. The summed E-state index contributed by atoms with van der Waals surface area (Å²) in [6, 6.07) is 17.8. The van der Waals surface area contributed by atoms with Crippen molar-refractivity contribution >= 4 is 20.8 Å². The van der Waals surface area contributed by atoms with Crippen LogP contribution in [0.25, 0.3) is 10.8 Å². The largest absolute Gasteiger partial charge is 0.497 e. The van der Waals surface area contributed by atoms with Gasteiger partial charge < -0.3 is 9.47 Å². The Kier molecular flexibility index (Phi) is 5.68. The number of methoxy groups -OCH3 is 1. The lowest BCUT2D eigenvalue weighted by atomic mass is 10.1. The lowest BCUT2D eigenvalue weighted by molar-refractivity contribution is 0.287. The molecule has 3 aromatic rings. The third-order valence-corrected chi connectivity index (χ3v) is 5.79. The number of aryl methyl sites for hydroxylation is 1. The topological polar surface area (TPSA) is 64.6 Å². The Morgan fingerprint density at radius 3 is 2.26 bits per heavy atom. The normalized spacial score (nSPS) is 12.7. The van der Waals surface area contributed by atoms with Crippen molar-refractivity contribution in [2.45, 2.75) is 24.8 Å². The van der Waals surface area contributed by atoms with E-state index in [4.69, 9.17) is 9.47 Å². The summed E-state index contributed by atoms with van der Waals surface area (Å²) in [4.78, 5) is 0.224. The van der Waals surface area contributed by atoms with Crippen LogP contribution >= 0.6 is 0 Å². The fraction of sp³-hybridized carbons (Fsp3) is 0.238. The molecule has 3 rings (SSSR count). The van der Waals surface area contributed by atoms with Crippen molar-refractivity contribution in [1.29, 1.82) is 0 Å². The van der Waals surface area contributed by atoms with Crippen LogP contribution in [-0.4, -0.2) is 28.2 Å². The molecule has 0 aliphatic carbocycles. The molecule has 3 aromatic carbocycles. The predicted molar refractivity (Wildman–Crippen MR) is 107 cm³/mol. The molecule has 0 saturated carbocycles. The van der Waals surface area contributed by atoms with E-state index >= 15 is 0 Å². The van der Waals surface area contributed by atoms with E-state index in [1.54, 1.807) is 32.2 Å². The number of benzene rings is 3. The average Bonchev–Trinajstić information content (AvgIpc) is 2.66. The van der Waals surface area contributed by atoms with Crippen LogP contribution in [0.15, 0.2) is 65.6 Å². The van der Waals surface area contributed by atoms with Crippen LogP contribution in [0, 0.1) is 6.92 Å². The van der Waals surface area contributed by atoms with Crippen molar-refractivity contribution in [3.8, 4) is 11.5 Å². The quantitative estimate of drug-likeness (QED) is 0.670. The van der Waals surface area contributed by atoms with E-state index in [0.717, 1.165) is 22.1 Å². The summed E-state index contributed by atoms with van der Waals surface area (Å²) in [7, 11) is -2.04. The third-order valence-electron chi connectivity index (χ3n) is 4.21. The summed E-state index contributed by atoms with van der Waals surface area (Å²) >= 11 is 0. The van der Waals surface area contributed by atoms with Gasteiger partial charge in [-0.25, -0.2) is 13.1 Å². The van der Waals surface area contributed by atoms with Crippen LogP contribution in [0.4, 0.5) is 0 Å². The Balaban J connectivity index is 1.69. The molecule has 6 heteroatoms. The zero-order valence-corrected chi connectivity index (χ0v) is 16.4. The number of nitrogens with one attached hydrogen (secondary N) is 1. The zero-order chi connectivity index (χ0) is 19.4. The van der Waals surface area contributed by atoms with Gasteiger partial charge >= 0.3 is 0 Å². The Bertz CT molecular complexity index is 1030. The molecule has 0 fully saturated rings. The summed E-state index contributed by atoms with van der Waals surface area (Å²) in [5.74, 6) is 1.45. The molecule has 0 bridgehead atoms. The van der Waals surface area contributed by atoms with Gasteiger partial charge in [-0.15, -0.1) is 0 Å². The fourth-order valence-electron chi connectivity index (χ4n) is 2.72. The van der Waals surface area contributed by atoms with Crippen molar-refractivity contribution in [3.63, 3.8) is 0 Å². The van der Waals surface area contributed by atoms with Gasteiger partial charge in [0.2, 0.25) is 10.0 Å². The van der Waals surface area contributed by atoms with E-state index < -0.39 is 10.0 Å². The van der Waals surface area contributed by atoms with E-state index in [1.165, 1.54) is 0 Å². The molecule has 5 nitrogen and oxygen atoms in total. The monoisotopic (exact) mass is 385 g/mol. The van der Waals surface area contributed by atoms with Crippen molar-refractivity contribution in [2.24, 2.45) is 0 Å². The van der Waals surface area contributed by atoms with E-state index in [0.29, 0.717) is 5.75 Å². The first-order chi connectivity index (χ1) is 12.9. The maximum Gasteiger partial charge on any atom is 0.240 e. The van der Waals surface area contributed by atoms with Gasteiger partial charge in [0.05, 0.1) is 18.0 Å². The van der Waals surface area contributed by atoms with E-state index in [9.17, 15) is 8.42 Å². The van der Waals surface area contributed by atoms with Crippen molar-refractivity contribution < 1.29 is 17.9 Å².